The lowest BCUT2D eigenvalue weighted by atomic mass is 9.83. The highest BCUT2D eigenvalue weighted by molar-refractivity contribution is 6.09. The smallest absolute Gasteiger partial charge is 0.143 e. The quantitative estimate of drug-likeness (QED) is 0.133. The van der Waals surface area contributed by atoms with Crippen molar-refractivity contribution in [2.75, 3.05) is 0 Å². The molecule has 0 unspecified atom stereocenters. The van der Waals surface area contributed by atoms with Crippen LogP contribution in [0.1, 0.15) is 22.6 Å². The molecular weight excluding hydrogens is 749 g/mol. The van der Waals surface area contributed by atoms with Gasteiger partial charge in [-0.3, -0.25) is 0 Å². The molecule has 0 atom stereocenters. The molecular formula is C61H42O. The lowest BCUT2D eigenvalue weighted by molar-refractivity contribution is 0.670. The van der Waals surface area contributed by atoms with Crippen molar-refractivity contribution in [3.63, 3.8) is 0 Å². The first-order chi connectivity index (χ1) is 30.7. The summed E-state index contributed by atoms with van der Waals surface area (Å²) in [5, 5.41) is 2.28. The molecule has 0 radical (unpaired) electrons. The topological polar surface area (TPSA) is 13.1 Å². The Morgan fingerprint density at radius 2 is 0.629 bits per heavy atom. The average Bonchev–Trinajstić information content (AvgIpc) is 3.75. The fraction of sp³-hybridized carbons (Fsp3) is 0.0164. The van der Waals surface area contributed by atoms with Gasteiger partial charge in [-0.1, -0.05) is 237 Å². The van der Waals surface area contributed by atoms with Crippen molar-refractivity contribution >= 4 is 21.9 Å². The van der Waals surface area contributed by atoms with E-state index in [0.29, 0.717) is 0 Å². The molecule has 1 heterocycles. The van der Waals surface area contributed by atoms with Crippen LogP contribution in [-0.2, 0) is 0 Å². The van der Waals surface area contributed by atoms with Gasteiger partial charge in [-0.15, -0.1) is 0 Å². The number of hydrogen-bond donors (Lipinski definition) is 0. The third kappa shape index (κ3) is 7.21. The standard InChI is InChI=1S/C61H42O/c1-3-12-42(13-4-1)44-24-28-46(29-25-44)48-32-36-50(37-33-48)60(51-38-34-49(35-39-51)47-30-26-45(27-31-47)43-14-5-2-6-15-43)55-19-10-17-53(41-55)52-16-9-18-54(40-52)56-21-11-22-58-57-20-7-8-23-59(57)62-61(56)58/h1-41,60H. The van der Waals surface area contributed by atoms with E-state index in [2.05, 4.69) is 237 Å². The summed E-state index contributed by atoms with van der Waals surface area (Å²) in [5.74, 6) is 0.0199. The average molecular weight is 791 g/mol. The number of fused-ring (bicyclic) bond motifs is 3. The van der Waals surface area contributed by atoms with Crippen LogP contribution in [0.5, 0.6) is 0 Å². The van der Waals surface area contributed by atoms with Gasteiger partial charge >= 0.3 is 0 Å². The molecule has 0 aliphatic carbocycles. The lowest BCUT2D eigenvalue weighted by Gasteiger charge is -2.21. The van der Waals surface area contributed by atoms with Crippen LogP contribution in [0, 0.1) is 0 Å². The minimum atomic E-state index is 0.0199. The molecule has 0 fully saturated rings. The Morgan fingerprint density at radius 3 is 1.18 bits per heavy atom. The largest absolute Gasteiger partial charge is 0.455 e. The van der Waals surface area contributed by atoms with Crippen LogP contribution in [0.3, 0.4) is 0 Å². The Morgan fingerprint density at radius 1 is 0.242 bits per heavy atom. The molecule has 62 heavy (non-hydrogen) atoms. The van der Waals surface area contributed by atoms with Crippen LogP contribution in [0.4, 0.5) is 0 Å². The Balaban J connectivity index is 0.948. The maximum absolute atomic E-state index is 6.45. The van der Waals surface area contributed by atoms with Gasteiger partial charge in [0.15, 0.2) is 0 Å². The van der Waals surface area contributed by atoms with E-state index < -0.39 is 0 Å². The first-order valence-corrected chi connectivity index (χ1v) is 21.3. The van der Waals surface area contributed by atoms with E-state index in [0.717, 1.165) is 33.1 Å². The monoisotopic (exact) mass is 790 g/mol. The van der Waals surface area contributed by atoms with Gasteiger partial charge in [-0.25, -0.2) is 0 Å². The fourth-order valence-electron chi connectivity index (χ4n) is 9.02. The predicted octanol–water partition coefficient (Wildman–Crippen LogP) is 16.8. The van der Waals surface area contributed by atoms with Gasteiger partial charge in [-0.05, 0) is 90.0 Å². The highest BCUT2D eigenvalue weighted by Crippen LogP contribution is 2.39. The number of furan rings is 1. The van der Waals surface area contributed by atoms with Crippen molar-refractivity contribution in [1.29, 1.82) is 0 Å². The summed E-state index contributed by atoms with van der Waals surface area (Å²) in [7, 11) is 0. The number of benzene rings is 10. The predicted molar refractivity (Wildman–Crippen MR) is 260 cm³/mol. The Labute approximate surface area is 362 Å². The Kier molecular flexibility index (Phi) is 9.69. The van der Waals surface area contributed by atoms with E-state index in [4.69, 9.17) is 4.42 Å². The zero-order chi connectivity index (χ0) is 41.2. The van der Waals surface area contributed by atoms with E-state index >= 15 is 0 Å². The van der Waals surface area contributed by atoms with Crippen molar-refractivity contribution < 1.29 is 4.42 Å². The number of rotatable bonds is 9. The molecule has 1 heteroatoms. The molecule has 1 nitrogen and oxygen atoms in total. The summed E-state index contributed by atoms with van der Waals surface area (Å²) in [5.41, 5.74) is 19.8. The van der Waals surface area contributed by atoms with Crippen LogP contribution in [0.25, 0.3) is 88.7 Å². The van der Waals surface area contributed by atoms with E-state index in [1.807, 2.05) is 12.1 Å². The van der Waals surface area contributed by atoms with Gasteiger partial charge < -0.3 is 4.42 Å². The second-order valence-electron chi connectivity index (χ2n) is 16.1. The molecule has 10 aromatic carbocycles. The SMILES string of the molecule is c1ccc(-c2ccc(-c3ccc(C(c4ccc(-c5ccc(-c6ccccc6)cc5)cc4)c4cccc(-c5cccc(-c6cccc7c6oc6ccccc67)c5)c4)cc3)cc2)cc1. The second kappa shape index (κ2) is 16.2. The minimum Gasteiger partial charge on any atom is -0.455 e. The van der Waals surface area contributed by atoms with Gasteiger partial charge in [0.25, 0.3) is 0 Å². The van der Waals surface area contributed by atoms with Gasteiger partial charge in [0.2, 0.25) is 0 Å². The second-order valence-corrected chi connectivity index (χ2v) is 16.1. The van der Waals surface area contributed by atoms with E-state index in [9.17, 15) is 0 Å². The summed E-state index contributed by atoms with van der Waals surface area (Å²) in [6, 6.07) is 89.9. The van der Waals surface area contributed by atoms with E-state index in [1.165, 1.54) is 72.3 Å². The Hall–Kier alpha value is -8.00. The summed E-state index contributed by atoms with van der Waals surface area (Å²) < 4.78 is 6.45. The van der Waals surface area contributed by atoms with Crippen LogP contribution >= 0.6 is 0 Å². The van der Waals surface area contributed by atoms with Gasteiger partial charge in [0.1, 0.15) is 11.2 Å². The van der Waals surface area contributed by atoms with Crippen LogP contribution < -0.4 is 0 Å². The molecule has 0 bridgehead atoms. The normalized spacial score (nSPS) is 11.4. The third-order valence-electron chi connectivity index (χ3n) is 12.3. The first kappa shape index (κ1) is 37.0. The molecule has 0 saturated heterocycles. The fourth-order valence-corrected chi connectivity index (χ4v) is 9.02. The molecule has 0 aliphatic rings. The maximum Gasteiger partial charge on any atom is 0.143 e. The summed E-state index contributed by atoms with van der Waals surface area (Å²) >= 11 is 0. The molecule has 0 N–H and O–H groups in total. The summed E-state index contributed by atoms with van der Waals surface area (Å²) in [4.78, 5) is 0. The maximum atomic E-state index is 6.45. The number of hydrogen-bond acceptors (Lipinski definition) is 1. The third-order valence-corrected chi connectivity index (χ3v) is 12.3. The molecule has 292 valence electrons. The van der Waals surface area contributed by atoms with Crippen LogP contribution in [0.15, 0.2) is 253 Å². The summed E-state index contributed by atoms with van der Waals surface area (Å²) in [6.07, 6.45) is 0. The van der Waals surface area contributed by atoms with Crippen LogP contribution in [0.2, 0.25) is 0 Å². The van der Waals surface area contributed by atoms with Gasteiger partial charge in [0, 0.05) is 22.3 Å². The van der Waals surface area contributed by atoms with Crippen molar-refractivity contribution in [2.24, 2.45) is 0 Å². The minimum absolute atomic E-state index is 0.0199. The van der Waals surface area contributed by atoms with Crippen LogP contribution in [-0.4, -0.2) is 0 Å². The van der Waals surface area contributed by atoms with Crippen molar-refractivity contribution in [1.82, 2.24) is 0 Å². The van der Waals surface area contributed by atoms with Crippen molar-refractivity contribution in [3.05, 3.63) is 265 Å². The Bertz CT molecular complexity index is 3160. The zero-order valence-corrected chi connectivity index (χ0v) is 34.2. The molecule has 1 aromatic heterocycles. The van der Waals surface area contributed by atoms with Gasteiger partial charge in [-0.2, -0.15) is 0 Å². The highest BCUT2D eigenvalue weighted by atomic mass is 16.3. The number of para-hydroxylation sites is 2. The molecule has 0 amide bonds. The lowest BCUT2D eigenvalue weighted by Crippen LogP contribution is -2.04. The summed E-state index contributed by atoms with van der Waals surface area (Å²) in [6.45, 7) is 0. The highest BCUT2D eigenvalue weighted by Gasteiger charge is 2.19. The first-order valence-electron chi connectivity index (χ1n) is 21.3. The molecule has 0 saturated carbocycles. The van der Waals surface area contributed by atoms with Crippen molar-refractivity contribution in [2.45, 2.75) is 5.92 Å². The van der Waals surface area contributed by atoms with E-state index in [1.54, 1.807) is 0 Å². The molecule has 0 aliphatic heterocycles. The van der Waals surface area contributed by atoms with E-state index in [-0.39, 0.29) is 5.92 Å². The van der Waals surface area contributed by atoms with Crippen molar-refractivity contribution in [3.8, 4) is 66.8 Å². The zero-order valence-electron chi connectivity index (χ0n) is 34.2. The molecule has 0 spiro atoms. The molecule has 11 rings (SSSR count). The van der Waals surface area contributed by atoms with Gasteiger partial charge in [0.05, 0.1) is 0 Å². The molecule has 11 aromatic rings.